The number of hydrogen-bond acceptors (Lipinski definition) is 10. The molecule has 0 unspecified atom stereocenters. The van der Waals surface area contributed by atoms with Gasteiger partial charge >= 0.3 is 6.16 Å². The molecular weight excluding hydrogens is 430 g/mol. The van der Waals surface area contributed by atoms with Crippen LogP contribution in [-0.2, 0) is 23.7 Å². The summed E-state index contributed by atoms with van der Waals surface area (Å²) in [5.74, 6) is -0.399. The van der Waals surface area contributed by atoms with Gasteiger partial charge in [0.2, 0.25) is 5.60 Å². The lowest BCUT2D eigenvalue weighted by molar-refractivity contribution is -0.205. The zero-order valence-electron chi connectivity index (χ0n) is 19.2. The Hall–Kier alpha value is -2.94. The van der Waals surface area contributed by atoms with Crippen LogP contribution in [0.4, 0.5) is 10.6 Å². The fourth-order valence-corrected chi connectivity index (χ4v) is 4.31. The summed E-state index contributed by atoms with van der Waals surface area (Å²) in [6.07, 6.45) is 0.0896. The molecule has 0 saturated carbocycles. The minimum Gasteiger partial charge on any atom is -0.434 e. The number of aromatic nitrogens is 3. The van der Waals surface area contributed by atoms with Gasteiger partial charge in [0.25, 0.3) is 0 Å². The largest absolute Gasteiger partial charge is 0.508 e. The number of hydrogen-bond donors (Lipinski definition) is 1. The number of nitrogens with zero attached hydrogens (tertiary/aromatic N) is 4. The molecule has 2 N–H and O–H groups in total. The molecule has 2 fully saturated rings. The van der Waals surface area contributed by atoms with E-state index in [-0.39, 0.29) is 19.1 Å². The maximum atomic E-state index is 12.2. The Balaban J connectivity index is 1.57. The van der Waals surface area contributed by atoms with E-state index in [1.165, 1.54) is 6.33 Å². The third-order valence-electron chi connectivity index (χ3n) is 6.21. The summed E-state index contributed by atoms with van der Waals surface area (Å²) >= 11 is 0. The molecule has 0 spiro atoms. The number of carbonyl (C=O) groups is 1. The summed E-state index contributed by atoms with van der Waals surface area (Å²) in [5, 5.41) is 14.4. The predicted molar refractivity (Wildman–Crippen MR) is 115 cm³/mol. The lowest BCUT2D eigenvalue weighted by Crippen LogP contribution is -2.46. The fourth-order valence-electron chi connectivity index (χ4n) is 4.31. The van der Waals surface area contributed by atoms with Gasteiger partial charge in [-0.25, -0.2) is 14.3 Å². The van der Waals surface area contributed by atoms with E-state index in [4.69, 9.17) is 29.4 Å². The maximum Gasteiger partial charge on any atom is 0.508 e. The van der Waals surface area contributed by atoms with E-state index in [0.717, 1.165) is 12.8 Å². The van der Waals surface area contributed by atoms with Crippen molar-refractivity contribution in [2.45, 2.75) is 70.2 Å². The molecule has 2 aromatic heterocycles. The Bertz CT molecular complexity index is 1060. The molecule has 2 aliphatic rings. The van der Waals surface area contributed by atoms with Gasteiger partial charge < -0.3 is 29.4 Å². The fraction of sp³-hybridized carbons (Fsp3) is 0.636. The number of nitrogens with two attached hydrogens (primary N) is 1. The lowest BCUT2D eigenvalue weighted by Gasteiger charge is -2.28. The molecule has 4 atom stereocenters. The van der Waals surface area contributed by atoms with Crippen molar-refractivity contribution in [1.29, 1.82) is 5.26 Å². The second-order valence-corrected chi connectivity index (χ2v) is 8.79. The van der Waals surface area contributed by atoms with Gasteiger partial charge in [0.1, 0.15) is 42.8 Å². The van der Waals surface area contributed by atoms with E-state index in [9.17, 15) is 10.1 Å². The van der Waals surface area contributed by atoms with Crippen molar-refractivity contribution in [2.24, 2.45) is 5.92 Å². The Morgan fingerprint density at radius 3 is 2.73 bits per heavy atom. The first-order valence-corrected chi connectivity index (χ1v) is 11.1. The number of nitrogen functional groups attached to an aromatic ring is 1. The summed E-state index contributed by atoms with van der Waals surface area (Å²) < 4.78 is 30.5. The topological polar surface area (TPSA) is 143 Å². The van der Waals surface area contributed by atoms with Crippen LogP contribution >= 0.6 is 0 Å². The van der Waals surface area contributed by atoms with Gasteiger partial charge in [-0.3, -0.25) is 0 Å². The van der Waals surface area contributed by atoms with Gasteiger partial charge in [-0.2, -0.15) is 10.4 Å². The van der Waals surface area contributed by atoms with Crippen molar-refractivity contribution in [1.82, 2.24) is 14.6 Å². The van der Waals surface area contributed by atoms with Crippen LogP contribution in [0.3, 0.4) is 0 Å². The average Bonchev–Trinajstić information content (AvgIpc) is 3.44. The Morgan fingerprint density at radius 1 is 1.27 bits per heavy atom. The van der Waals surface area contributed by atoms with Crippen molar-refractivity contribution < 1.29 is 28.5 Å². The summed E-state index contributed by atoms with van der Waals surface area (Å²) in [4.78, 5) is 16.2. The molecule has 11 nitrogen and oxygen atoms in total. The number of carbonyl (C=O) groups excluding carboxylic acids is 1. The molecule has 4 rings (SSSR count). The Morgan fingerprint density at radius 2 is 2.03 bits per heavy atom. The third-order valence-corrected chi connectivity index (χ3v) is 6.21. The number of anilines is 1. The van der Waals surface area contributed by atoms with E-state index in [2.05, 4.69) is 16.2 Å². The van der Waals surface area contributed by atoms with Crippen LogP contribution < -0.4 is 5.73 Å². The molecule has 0 radical (unpaired) electrons. The predicted octanol–water partition coefficient (Wildman–Crippen LogP) is 2.75. The number of rotatable bonds is 7. The molecule has 11 heteroatoms. The summed E-state index contributed by atoms with van der Waals surface area (Å²) in [7, 11) is 0. The van der Waals surface area contributed by atoms with Crippen molar-refractivity contribution >= 4 is 17.5 Å². The van der Waals surface area contributed by atoms with Crippen LogP contribution in [0.5, 0.6) is 0 Å². The number of ether oxygens (including phenoxy) is 5. The normalized spacial score (nSPS) is 28.1. The van der Waals surface area contributed by atoms with Crippen LogP contribution in [0, 0.1) is 17.2 Å². The molecule has 0 amide bonds. The monoisotopic (exact) mass is 459 g/mol. The van der Waals surface area contributed by atoms with Crippen LogP contribution in [0.15, 0.2) is 18.5 Å². The second kappa shape index (κ2) is 8.78. The van der Waals surface area contributed by atoms with Crippen molar-refractivity contribution in [3.8, 4) is 6.07 Å². The van der Waals surface area contributed by atoms with Crippen LogP contribution in [-0.4, -0.2) is 57.6 Å². The highest BCUT2D eigenvalue weighted by Crippen LogP contribution is 2.50. The van der Waals surface area contributed by atoms with E-state index in [1.807, 2.05) is 13.8 Å². The second-order valence-electron chi connectivity index (χ2n) is 8.79. The third kappa shape index (κ3) is 4.21. The first-order valence-electron chi connectivity index (χ1n) is 11.1. The molecule has 0 aliphatic carbocycles. The molecule has 2 aliphatic heterocycles. The quantitative estimate of drug-likeness (QED) is 0.614. The Kier molecular flexibility index (Phi) is 6.18. The summed E-state index contributed by atoms with van der Waals surface area (Å²) in [6.45, 7) is 7.46. The lowest BCUT2D eigenvalue weighted by atomic mass is 9.96. The highest BCUT2D eigenvalue weighted by atomic mass is 16.8. The average molecular weight is 460 g/mol. The highest BCUT2D eigenvalue weighted by molar-refractivity contribution is 5.65. The highest BCUT2D eigenvalue weighted by Gasteiger charge is 2.65. The minimum absolute atomic E-state index is 0.253. The molecule has 2 aromatic rings. The van der Waals surface area contributed by atoms with E-state index in [0.29, 0.717) is 17.0 Å². The molecule has 4 heterocycles. The zero-order valence-corrected chi connectivity index (χ0v) is 19.2. The van der Waals surface area contributed by atoms with Gasteiger partial charge in [-0.05, 0) is 31.9 Å². The van der Waals surface area contributed by atoms with Gasteiger partial charge in [0, 0.05) is 0 Å². The van der Waals surface area contributed by atoms with Gasteiger partial charge in [0.15, 0.2) is 11.6 Å². The van der Waals surface area contributed by atoms with E-state index >= 15 is 0 Å². The van der Waals surface area contributed by atoms with Crippen molar-refractivity contribution in [2.75, 3.05) is 18.9 Å². The summed E-state index contributed by atoms with van der Waals surface area (Å²) in [6, 6.07) is 5.71. The zero-order chi connectivity index (χ0) is 23.8. The first-order chi connectivity index (χ1) is 15.7. The molecular formula is C22H29N5O6. The first kappa shape index (κ1) is 23.2. The molecule has 0 aromatic carbocycles. The Labute approximate surface area is 191 Å². The minimum atomic E-state index is -1.60. The maximum absolute atomic E-state index is 12.2. The number of fused-ring (bicyclic) bond motifs is 2. The van der Waals surface area contributed by atoms with E-state index < -0.39 is 35.9 Å². The van der Waals surface area contributed by atoms with Crippen LogP contribution in [0.25, 0.3) is 5.52 Å². The SMILES string of the molecule is CCC(CC)COC(=O)OC[C@@]1(C#N)O[C@@H](c2ccc3c(N)ncnn23)[C@@H]2OC(C)(C)O[C@@H]21. The van der Waals surface area contributed by atoms with Gasteiger partial charge in [-0.15, -0.1) is 0 Å². The van der Waals surface area contributed by atoms with Gasteiger partial charge in [0.05, 0.1) is 12.3 Å². The van der Waals surface area contributed by atoms with Crippen molar-refractivity contribution in [3.63, 3.8) is 0 Å². The molecule has 2 saturated heterocycles. The van der Waals surface area contributed by atoms with E-state index in [1.54, 1.807) is 30.5 Å². The molecule has 33 heavy (non-hydrogen) atoms. The number of nitriles is 1. The van der Waals surface area contributed by atoms with Gasteiger partial charge in [-0.1, -0.05) is 26.7 Å². The van der Waals surface area contributed by atoms with Crippen LogP contribution in [0.1, 0.15) is 52.3 Å². The molecule has 178 valence electrons. The summed E-state index contributed by atoms with van der Waals surface area (Å²) in [5.41, 5.74) is 5.57. The standard InChI is InChI=1S/C22H29N5O6/c1-5-13(6-2)9-29-20(28)30-11-22(10-23)18-17(31-21(3,4)33-18)16(32-22)14-7-8-15-19(24)25-12-26-27(14)15/h7-8,12-13,16-18H,5-6,9,11H2,1-4H3,(H2,24,25,26)/t16-,17-,18-,22+/m0/s1. The van der Waals surface area contributed by atoms with Crippen LogP contribution in [0.2, 0.25) is 0 Å². The van der Waals surface area contributed by atoms with Crippen molar-refractivity contribution in [3.05, 3.63) is 24.2 Å². The molecule has 0 bridgehead atoms. The smallest absolute Gasteiger partial charge is 0.434 e.